The Hall–Kier alpha value is -2.11. The van der Waals surface area contributed by atoms with Crippen LogP contribution in [0.5, 0.6) is 0 Å². The van der Waals surface area contributed by atoms with Crippen LogP contribution in [0.25, 0.3) is 0 Å². The van der Waals surface area contributed by atoms with Crippen molar-refractivity contribution in [3.63, 3.8) is 0 Å². The Bertz CT molecular complexity index is 843. The highest BCUT2D eigenvalue weighted by atomic mass is 35.5. The molecule has 4 nitrogen and oxygen atoms in total. The number of halogens is 3. The van der Waals surface area contributed by atoms with Crippen LogP contribution in [0, 0.1) is 5.82 Å². The first-order chi connectivity index (χ1) is 13.8. The lowest BCUT2D eigenvalue weighted by Crippen LogP contribution is -2.48. The molecule has 7 heteroatoms. The molecule has 156 valence electrons. The molecule has 29 heavy (non-hydrogen) atoms. The van der Waals surface area contributed by atoms with Crippen LogP contribution in [-0.4, -0.2) is 29.3 Å². The third-order valence-electron chi connectivity index (χ3n) is 4.62. The molecule has 1 N–H and O–H groups in total. The zero-order valence-electron chi connectivity index (χ0n) is 16.6. The van der Waals surface area contributed by atoms with Crippen molar-refractivity contribution in [2.75, 3.05) is 6.54 Å². The van der Waals surface area contributed by atoms with E-state index in [4.69, 9.17) is 23.2 Å². The molecule has 0 bridgehead atoms. The molecule has 0 unspecified atom stereocenters. The Morgan fingerprint density at radius 1 is 1.14 bits per heavy atom. The van der Waals surface area contributed by atoms with Crippen LogP contribution < -0.4 is 5.32 Å². The van der Waals surface area contributed by atoms with Gasteiger partial charge in [-0.2, -0.15) is 0 Å². The lowest BCUT2D eigenvalue weighted by Gasteiger charge is -2.29. The van der Waals surface area contributed by atoms with Crippen molar-refractivity contribution in [1.82, 2.24) is 10.2 Å². The number of carbonyl (C=O) groups excluding carboxylic acids is 2. The van der Waals surface area contributed by atoms with Crippen LogP contribution in [-0.2, 0) is 22.6 Å². The number of amides is 2. The first-order valence-electron chi connectivity index (χ1n) is 9.57. The van der Waals surface area contributed by atoms with Gasteiger partial charge >= 0.3 is 0 Å². The number of hydrogen-bond acceptors (Lipinski definition) is 2. The van der Waals surface area contributed by atoms with Crippen LogP contribution in [0.3, 0.4) is 0 Å². The summed E-state index contributed by atoms with van der Waals surface area (Å²) in [7, 11) is 0. The Morgan fingerprint density at radius 3 is 2.45 bits per heavy atom. The third kappa shape index (κ3) is 7.02. The summed E-state index contributed by atoms with van der Waals surface area (Å²) in [6, 6.07) is 10.1. The largest absolute Gasteiger partial charge is 0.354 e. The molecular weight excluding hydrogens is 414 g/mol. The van der Waals surface area contributed by atoms with Crippen molar-refractivity contribution in [2.24, 2.45) is 0 Å². The molecule has 0 saturated carbocycles. The fraction of sp³-hybridized carbons (Fsp3) is 0.364. The van der Waals surface area contributed by atoms with Crippen LogP contribution in [0.4, 0.5) is 4.39 Å². The average Bonchev–Trinajstić information content (AvgIpc) is 2.68. The van der Waals surface area contributed by atoms with Crippen molar-refractivity contribution in [3.8, 4) is 0 Å². The molecule has 0 aromatic heterocycles. The van der Waals surface area contributed by atoms with E-state index < -0.39 is 6.04 Å². The van der Waals surface area contributed by atoms with Gasteiger partial charge in [-0.05, 0) is 48.7 Å². The van der Waals surface area contributed by atoms with Gasteiger partial charge < -0.3 is 10.2 Å². The highest BCUT2D eigenvalue weighted by Crippen LogP contribution is 2.23. The molecule has 2 amide bonds. The van der Waals surface area contributed by atoms with Gasteiger partial charge in [-0.1, -0.05) is 54.7 Å². The molecule has 2 aromatic carbocycles. The van der Waals surface area contributed by atoms with Crippen molar-refractivity contribution in [3.05, 3.63) is 69.5 Å². The van der Waals surface area contributed by atoms with E-state index >= 15 is 0 Å². The molecule has 0 spiro atoms. The van der Waals surface area contributed by atoms with E-state index in [9.17, 15) is 14.0 Å². The minimum atomic E-state index is -0.688. The van der Waals surface area contributed by atoms with Crippen LogP contribution in [0.1, 0.15) is 37.8 Å². The average molecular weight is 439 g/mol. The number of nitrogens with one attached hydrogen (secondary N) is 1. The maximum Gasteiger partial charge on any atom is 0.242 e. The van der Waals surface area contributed by atoms with Crippen LogP contribution in [0.15, 0.2) is 42.5 Å². The fourth-order valence-corrected chi connectivity index (χ4v) is 3.30. The Morgan fingerprint density at radius 2 is 1.83 bits per heavy atom. The first-order valence-corrected chi connectivity index (χ1v) is 10.3. The summed E-state index contributed by atoms with van der Waals surface area (Å²) in [5, 5.41) is 3.78. The second kappa shape index (κ2) is 11.2. The highest BCUT2D eigenvalue weighted by Gasteiger charge is 2.26. The normalized spacial score (nSPS) is 11.8. The van der Waals surface area contributed by atoms with E-state index in [0.717, 1.165) is 12.8 Å². The third-order valence-corrected chi connectivity index (χ3v) is 5.21. The summed E-state index contributed by atoms with van der Waals surface area (Å²) in [4.78, 5) is 27.1. The van der Waals surface area contributed by atoms with Gasteiger partial charge in [0.15, 0.2) is 0 Å². The van der Waals surface area contributed by atoms with Gasteiger partial charge in [-0.25, -0.2) is 4.39 Å². The van der Waals surface area contributed by atoms with E-state index in [1.54, 1.807) is 37.3 Å². The van der Waals surface area contributed by atoms with Gasteiger partial charge in [0.2, 0.25) is 11.8 Å². The molecule has 0 aliphatic carbocycles. The molecule has 0 aliphatic heterocycles. The summed E-state index contributed by atoms with van der Waals surface area (Å²) in [5.41, 5.74) is 1.36. The lowest BCUT2D eigenvalue weighted by atomic mass is 10.1. The summed E-state index contributed by atoms with van der Waals surface area (Å²) in [6.45, 7) is 4.45. The maximum atomic E-state index is 13.2. The van der Waals surface area contributed by atoms with Crippen molar-refractivity contribution >= 4 is 35.0 Å². The summed E-state index contributed by atoms with van der Waals surface area (Å²) >= 11 is 12.2. The summed E-state index contributed by atoms with van der Waals surface area (Å²) in [6.07, 6.45) is 1.88. The van der Waals surface area contributed by atoms with E-state index in [0.29, 0.717) is 27.7 Å². The zero-order chi connectivity index (χ0) is 21.4. The summed E-state index contributed by atoms with van der Waals surface area (Å²) in [5.74, 6) is -0.841. The SMILES string of the molecule is CCCCNC(=O)[C@@H](C)N(Cc1ccc(Cl)cc1Cl)C(=O)Cc1ccc(F)cc1. The minimum Gasteiger partial charge on any atom is -0.354 e. The van der Waals surface area contributed by atoms with Gasteiger partial charge in [-0.15, -0.1) is 0 Å². The predicted molar refractivity (Wildman–Crippen MR) is 114 cm³/mol. The second-order valence-corrected chi connectivity index (χ2v) is 7.72. The molecule has 0 fully saturated rings. The van der Waals surface area contributed by atoms with Crippen LogP contribution in [0.2, 0.25) is 10.0 Å². The first kappa shape index (κ1) is 23.2. The van der Waals surface area contributed by atoms with Gasteiger partial charge in [0.1, 0.15) is 11.9 Å². The molecule has 0 heterocycles. The van der Waals surface area contributed by atoms with Crippen molar-refractivity contribution in [1.29, 1.82) is 0 Å². The van der Waals surface area contributed by atoms with Gasteiger partial charge in [0.25, 0.3) is 0 Å². The smallest absolute Gasteiger partial charge is 0.242 e. The Labute approximate surface area is 181 Å². The number of unbranched alkanes of at least 4 members (excludes halogenated alkanes) is 1. The maximum absolute atomic E-state index is 13.2. The molecule has 2 rings (SSSR count). The van der Waals surface area contributed by atoms with Gasteiger partial charge in [0, 0.05) is 23.1 Å². The van der Waals surface area contributed by atoms with E-state index in [1.807, 2.05) is 6.92 Å². The number of rotatable bonds is 9. The van der Waals surface area contributed by atoms with E-state index in [-0.39, 0.29) is 30.6 Å². The second-order valence-electron chi connectivity index (χ2n) is 6.88. The van der Waals surface area contributed by atoms with Crippen molar-refractivity contribution in [2.45, 2.75) is 45.7 Å². The molecule has 2 aromatic rings. The Balaban J connectivity index is 2.21. The standard InChI is InChI=1S/C22H25Cl2FN2O2/c1-3-4-11-26-22(29)15(2)27(14-17-7-8-18(23)13-20(17)24)21(28)12-16-5-9-19(25)10-6-16/h5-10,13,15H,3-4,11-12,14H2,1-2H3,(H,26,29)/t15-/m1/s1. The Kier molecular flexibility index (Phi) is 8.93. The quantitative estimate of drug-likeness (QED) is 0.559. The van der Waals surface area contributed by atoms with Crippen LogP contribution >= 0.6 is 23.2 Å². The summed E-state index contributed by atoms with van der Waals surface area (Å²) < 4.78 is 13.2. The predicted octanol–water partition coefficient (Wildman–Crippen LogP) is 5.01. The zero-order valence-corrected chi connectivity index (χ0v) is 18.1. The van der Waals surface area contributed by atoms with E-state index in [1.165, 1.54) is 17.0 Å². The monoisotopic (exact) mass is 438 g/mol. The lowest BCUT2D eigenvalue weighted by molar-refractivity contribution is -0.140. The molecule has 0 radical (unpaired) electrons. The van der Waals surface area contributed by atoms with Gasteiger partial charge in [-0.3, -0.25) is 9.59 Å². The number of nitrogens with zero attached hydrogens (tertiary/aromatic N) is 1. The number of carbonyl (C=O) groups is 2. The molecule has 0 aliphatic rings. The van der Waals surface area contributed by atoms with Crippen molar-refractivity contribution < 1.29 is 14.0 Å². The molecule has 0 saturated heterocycles. The molecular formula is C22H25Cl2FN2O2. The highest BCUT2D eigenvalue weighted by molar-refractivity contribution is 6.35. The number of hydrogen-bond donors (Lipinski definition) is 1. The van der Waals surface area contributed by atoms with Gasteiger partial charge in [0.05, 0.1) is 6.42 Å². The number of benzene rings is 2. The fourth-order valence-electron chi connectivity index (χ4n) is 2.83. The van der Waals surface area contributed by atoms with E-state index in [2.05, 4.69) is 5.32 Å². The minimum absolute atomic E-state index is 0.0536. The topological polar surface area (TPSA) is 49.4 Å². The molecule has 1 atom stereocenters.